The number of nitrogens with one attached hydrogen (secondary N) is 2. The van der Waals surface area contributed by atoms with Gasteiger partial charge in [-0.3, -0.25) is 9.59 Å². The molecule has 2 aliphatic carbocycles. The first-order valence-corrected chi connectivity index (χ1v) is 8.83. The fourth-order valence-electron chi connectivity index (χ4n) is 3.18. The molecule has 24 heavy (non-hydrogen) atoms. The Morgan fingerprint density at radius 3 is 2.42 bits per heavy atom. The third kappa shape index (κ3) is 4.56. The molecule has 0 radical (unpaired) electrons. The van der Waals surface area contributed by atoms with Gasteiger partial charge >= 0.3 is 0 Å². The highest BCUT2D eigenvalue weighted by Gasteiger charge is 2.30. The first-order chi connectivity index (χ1) is 11.5. The largest absolute Gasteiger partial charge is 0.360 e. The first-order valence-electron chi connectivity index (χ1n) is 8.83. The van der Waals surface area contributed by atoms with Gasteiger partial charge in [-0.05, 0) is 45.4 Å². The van der Waals surface area contributed by atoms with Crippen LogP contribution in [0.4, 0.5) is 0 Å². The maximum absolute atomic E-state index is 12.2. The molecule has 4 N–H and O–H groups in total. The fraction of sp³-hybridized carbons (Fsp3) is 0.706. The number of rotatable bonds is 6. The van der Waals surface area contributed by atoms with Crippen molar-refractivity contribution in [3.05, 3.63) is 17.5 Å². The topological polar surface area (TPSA) is 110 Å². The lowest BCUT2D eigenvalue weighted by atomic mass is 9.91. The highest BCUT2D eigenvalue weighted by molar-refractivity contribution is 5.92. The van der Waals surface area contributed by atoms with Gasteiger partial charge in [0, 0.05) is 36.5 Å². The summed E-state index contributed by atoms with van der Waals surface area (Å²) in [6.07, 6.45) is 6.02. The van der Waals surface area contributed by atoms with Gasteiger partial charge in [0.15, 0.2) is 5.69 Å². The molecule has 1 heterocycles. The molecule has 7 heteroatoms. The number of carbonyl (C=O) groups is 2. The molecule has 7 nitrogen and oxygen atoms in total. The van der Waals surface area contributed by atoms with Crippen LogP contribution in [0.3, 0.4) is 0 Å². The van der Waals surface area contributed by atoms with E-state index in [1.165, 1.54) is 0 Å². The van der Waals surface area contributed by atoms with Crippen LogP contribution < -0.4 is 16.4 Å². The molecular formula is C17H26N4O3. The third-order valence-electron chi connectivity index (χ3n) is 4.68. The van der Waals surface area contributed by atoms with Crippen molar-refractivity contribution in [1.29, 1.82) is 0 Å². The van der Waals surface area contributed by atoms with Crippen LogP contribution in [0.5, 0.6) is 0 Å². The SMILES string of the molecule is C[C@H](N)CC(=O)NC1CCC(NC(=O)c2cc(C3CC3)on2)CC1. The molecule has 1 aromatic rings. The van der Waals surface area contributed by atoms with Gasteiger partial charge in [-0.1, -0.05) is 5.16 Å². The van der Waals surface area contributed by atoms with Crippen LogP contribution in [0.1, 0.15) is 74.0 Å². The average Bonchev–Trinajstić information content (AvgIpc) is 3.25. The molecule has 3 rings (SSSR count). The standard InChI is InChI=1S/C17H26N4O3/c1-10(18)8-16(22)19-12-4-6-13(7-5-12)20-17(23)14-9-15(24-21-14)11-2-3-11/h9-13H,2-8,18H2,1H3,(H,19,22)(H,20,23)/t10-,12?,13?/m0/s1. The zero-order valence-corrected chi connectivity index (χ0v) is 14.1. The summed E-state index contributed by atoms with van der Waals surface area (Å²) in [5.74, 6) is 1.11. The molecule has 1 atom stereocenters. The van der Waals surface area contributed by atoms with E-state index < -0.39 is 0 Å². The minimum absolute atomic E-state index is 0.00712. The first kappa shape index (κ1) is 17.0. The molecule has 0 saturated heterocycles. The number of amides is 2. The lowest BCUT2D eigenvalue weighted by molar-refractivity contribution is -0.122. The van der Waals surface area contributed by atoms with E-state index in [1.807, 2.05) is 6.92 Å². The Hall–Kier alpha value is -1.89. The predicted octanol–water partition coefficient (Wildman–Crippen LogP) is 1.45. The summed E-state index contributed by atoms with van der Waals surface area (Å²) in [5, 5.41) is 9.91. The molecule has 0 aromatic carbocycles. The molecule has 1 aromatic heterocycles. The van der Waals surface area contributed by atoms with Crippen molar-refractivity contribution in [2.75, 3.05) is 0 Å². The summed E-state index contributed by atoms with van der Waals surface area (Å²) in [6.45, 7) is 1.82. The number of nitrogens with zero attached hydrogens (tertiary/aromatic N) is 1. The monoisotopic (exact) mass is 334 g/mol. The van der Waals surface area contributed by atoms with Gasteiger partial charge in [0.25, 0.3) is 5.91 Å². The molecular weight excluding hydrogens is 308 g/mol. The lowest BCUT2D eigenvalue weighted by Gasteiger charge is -2.29. The van der Waals surface area contributed by atoms with Gasteiger partial charge in [0.2, 0.25) is 5.91 Å². The molecule has 0 bridgehead atoms. The van der Waals surface area contributed by atoms with E-state index in [2.05, 4.69) is 15.8 Å². The number of hydrogen-bond acceptors (Lipinski definition) is 5. The molecule has 2 saturated carbocycles. The Kier molecular flexibility index (Phi) is 5.18. The molecule has 132 valence electrons. The van der Waals surface area contributed by atoms with Crippen LogP contribution in [-0.4, -0.2) is 35.1 Å². The molecule has 0 spiro atoms. The highest BCUT2D eigenvalue weighted by Crippen LogP contribution is 2.40. The van der Waals surface area contributed by atoms with E-state index in [4.69, 9.17) is 10.3 Å². The second-order valence-corrected chi connectivity index (χ2v) is 7.16. The Morgan fingerprint density at radius 1 is 1.21 bits per heavy atom. The molecule has 2 fully saturated rings. The van der Waals surface area contributed by atoms with Crippen LogP contribution in [0.2, 0.25) is 0 Å². The molecule has 2 aliphatic rings. The zero-order valence-electron chi connectivity index (χ0n) is 14.1. The Balaban J connectivity index is 1.41. The van der Waals surface area contributed by atoms with Crippen molar-refractivity contribution in [2.24, 2.45) is 5.73 Å². The second kappa shape index (κ2) is 7.34. The van der Waals surface area contributed by atoms with Crippen LogP contribution >= 0.6 is 0 Å². The van der Waals surface area contributed by atoms with Crippen molar-refractivity contribution in [3.8, 4) is 0 Å². The van der Waals surface area contributed by atoms with Crippen molar-refractivity contribution in [1.82, 2.24) is 15.8 Å². The van der Waals surface area contributed by atoms with E-state index >= 15 is 0 Å². The van der Waals surface area contributed by atoms with Crippen molar-refractivity contribution in [3.63, 3.8) is 0 Å². The van der Waals surface area contributed by atoms with E-state index in [-0.39, 0.29) is 29.9 Å². The van der Waals surface area contributed by atoms with Gasteiger partial charge in [-0.15, -0.1) is 0 Å². The Morgan fingerprint density at radius 2 is 1.83 bits per heavy atom. The van der Waals surface area contributed by atoms with Gasteiger partial charge < -0.3 is 20.9 Å². The van der Waals surface area contributed by atoms with Gasteiger partial charge in [0.1, 0.15) is 5.76 Å². The second-order valence-electron chi connectivity index (χ2n) is 7.16. The number of aromatic nitrogens is 1. The summed E-state index contributed by atoms with van der Waals surface area (Å²) < 4.78 is 5.22. The number of nitrogens with two attached hydrogens (primary N) is 1. The summed E-state index contributed by atoms with van der Waals surface area (Å²) in [5.41, 5.74) is 6.00. The van der Waals surface area contributed by atoms with Crippen LogP contribution in [0.25, 0.3) is 0 Å². The minimum atomic E-state index is -0.171. The predicted molar refractivity (Wildman–Crippen MR) is 88.4 cm³/mol. The molecule has 2 amide bonds. The average molecular weight is 334 g/mol. The highest BCUT2D eigenvalue weighted by atomic mass is 16.5. The third-order valence-corrected chi connectivity index (χ3v) is 4.68. The van der Waals surface area contributed by atoms with Crippen LogP contribution in [-0.2, 0) is 4.79 Å². The lowest BCUT2D eigenvalue weighted by Crippen LogP contribution is -2.44. The summed E-state index contributed by atoms with van der Waals surface area (Å²) in [6, 6.07) is 1.94. The van der Waals surface area contributed by atoms with E-state index in [1.54, 1.807) is 6.07 Å². The maximum atomic E-state index is 12.2. The smallest absolute Gasteiger partial charge is 0.273 e. The fourth-order valence-corrected chi connectivity index (χ4v) is 3.18. The number of carbonyl (C=O) groups excluding carboxylic acids is 2. The van der Waals surface area contributed by atoms with Crippen LogP contribution in [0.15, 0.2) is 10.6 Å². The Bertz CT molecular complexity index is 586. The van der Waals surface area contributed by atoms with Crippen molar-refractivity contribution < 1.29 is 14.1 Å². The van der Waals surface area contributed by atoms with Crippen molar-refractivity contribution >= 4 is 11.8 Å². The normalized spacial score (nSPS) is 25.1. The van der Waals surface area contributed by atoms with E-state index in [0.29, 0.717) is 18.0 Å². The summed E-state index contributed by atoms with van der Waals surface area (Å²) in [4.78, 5) is 24.0. The summed E-state index contributed by atoms with van der Waals surface area (Å²) >= 11 is 0. The molecule has 0 unspecified atom stereocenters. The Labute approximate surface area is 141 Å². The van der Waals surface area contributed by atoms with E-state index in [9.17, 15) is 9.59 Å². The maximum Gasteiger partial charge on any atom is 0.273 e. The quantitative estimate of drug-likeness (QED) is 0.729. The van der Waals surface area contributed by atoms with Gasteiger partial charge in [-0.2, -0.15) is 0 Å². The van der Waals surface area contributed by atoms with Crippen LogP contribution in [0, 0.1) is 0 Å². The summed E-state index contributed by atoms with van der Waals surface area (Å²) in [7, 11) is 0. The van der Waals surface area contributed by atoms with Crippen molar-refractivity contribution in [2.45, 2.75) is 75.9 Å². The van der Waals surface area contributed by atoms with Gasteiger partial charge in [-0.25, -0.2) is 0 Å². The van der Waals surface area contributed by atoms with Gasteiger partial charge in [0.05, 0.1) is 0 Å². The zero-order chi connectivity index (χ0) is 17.1. The molecule has 0 aliphatic heterocycles. The number of hydrogen-bond donors (Lipinski definition) is 3. The van der Waals surface area contributed by atoms with E-state index in [0.717, 1.165) is 44.3 Å². The minimum Gasteiger partial charge on any atom is -0.360 e.